The van der Waals surface area contributed by atoms with Crippen LogP contribution >= 0.6 is 0 Å². The molecule has 2 nitrogen and oxygen atoms in total. The fraction of sp³-hybridized carbons (Fsp3) is 0.444. The van der Waals surface area contributed by atoms with E-state index in [9.17, 15) is 0 Å². The van der Waals surface area contributed by atoms with Gasteiger partial charge in [-0.2, -0.15) is 0 Å². The lowest BCUT2D eigenvalue weighted by Gasteiger charge is -2.08. The van der Waals surface area contributed by atoms with E-state index in [1.54, 1.807) is 6.20 Å². The minimum absolute atomic E-state index is 0.399. The van der Waals surface area contributed by atoms with Gasteiger partial charge in [0.1, 0.15) is 0 Å². The van der Waals surface area contributed by atoms with Gasteiger partial charge in [0.2, 0.25) is 0 Å². The molecule has 0 heterocycles. The van der Waals surface area contributed by atoms with Crippen molar-refractivity contribution in [2.75, 3.05) is 7.05 Å². The molecule has 2 N–H and O–H groups in total. The van der Waals surface area contributed by atoms with Crippen LogP contribution in [0.3, 0.4) is 0 Å². The molecular formula is C9H16N2. The summed E-state index contributed by atoms with van der Waals surface area (Å²) in [6.45, 7) is 8.01. The van der Waals surface area contributed by atoms with E-state index in [0.717, 1.165) is 11.1 Å². The molecule has 0 atom stereocenters. The van der Waals surface area contributed by atoms with Gasteiger partial charge in [-0.25, -0.2) is 0 Å². The van der Waals surface area contributed by atoms with E-state index in [-0.39, 0.29) is 0 Å². The summed E-state index contributed by atoms with van der Waals surface area (Å²) in [5.74, 6) is 0.399. The van der Waals surface area contributed by atoms with Crippen LogP contribution in [0, 0.1) is 11.3 Å². The summed E-state index contributed by atoms with van der Waals surface area (Å²) in [6, 6.07) is 0. The van der Waals surface area contributed by atoms with E-state index in [1.807, 2.05) is 7.05 Å². The highest BCUT2D eigenvalue weighted by atomic mass is 14.8. The van der Waals surface area contributed by atoms with Crippen LogP contribution in [-0.4, -0.2) is 13.3 Å². The first-order chi connectivity index (χ1) is 5.13. The maximum Gasteiger partial charge on any atom is 0.0267 e. The van der Waals surface area contributed by atoms with Crippen molar-refractivity contribution in [1.82, 2.24) is 5.32 Å². The van der Waals surface area contributed by atoms with Crippen molar-refractivity contribution in [3.63, 3.8) is 0 Å². The van der Waals surface area contributed by atoms with Crippen LogP contribution in [0.25, 0.3) is 0 Å². The van der Waals surface area contributed by atoms with Gasteiger partial charge in [0.15, 0.2) is 0 Å². The Morgan fingerprint density at radius 1 is 1.55 bits per heavy atom. The summed E-state index contributed by atoms with van der Waals surface area (Å²) >= 11 is 0. The summed E-state index contributed by atoms with van der Waals surface area (Å²) in [4.78, 5) is 0. The number of nitrogens with one attached hydrogen (secondary N) is 2. The van der Waals surface area contributed by atoms with E-state index in [1.165, 1.54) is 6.21 Å². The number of rotatable bonds is 4. The van der Waals surface area contributed by atoms with Gasteiger partial charge in [0.25, 0.3) is 0 Å². The molecule has 0 radical (unpaired) electrons. The van der Waals surface area contributed by atoms with Gasteiger partial charge in [-0.05, 0) is 11.5 Å². The van der Waals surface area contributed by atoms with Gasteiger partial charge in [0.05, 0.1) is 0 Å². The maximum atomic E-state index is 7.09. The van der Waals surface area contributed by atoms with Crippen molar-refractivity contribution in [3.8, 4) is 0 Å². The van der Waals surface area contributed by atoms with Crippen LogP contribution in [0.5, 0.6) is 0 Å². The molecule has 0 bridgehead atoms. The SMILES string of the molecule is C=C(/C(C=N)=C/NC)C(C)C. The molecule has 0 aromatic heterocycles. The molecule has 0 aliphatic carbocycles. The predicted molar refractivity (Wildman–Crippen MR) is 49.9 cm³/mol. The van der Waals surface area contributed by atoms with E-state index >= 15 is 0 Å². The molecule has 11 heavy (non-hydrogen) atoms. The first-order valence-corrected chi connectivity index (χ1v) is 3.70. The fourth-order valence-electron chi connectivity index (χ4n) is 0.716. The Morgan fingerprint density at radius 3 is 2.36 bits per heavy atom. The molecule has 0 saturated carbocycles. The zero-order valence-corrected chi connectivity index (χ0v) is 7.44. The molecule has 0 saturated heterocycles. The molecule has 0 unspecified atom stereocenters. The Balaban J connectivity index is 4.39. The Bertz CT molecular complexity index is 178. The molecule has 0 aliphatic heterocycles. The van der Waals surface area contributed by atoms with Crippen LogP contribution in [0.15, 0.2) is 23.9 Å². The van der Waals surface area contributed by atoms with Gasteiger partial charge in [0, 0.05) is 25.0 Å². The molecule has 0 fully saturated rings. The molecular weight excluding hydrogens is 136 g/mol. The van der Waals surface area contributed by atoms with E-state index in [0.29, 0.717) is 5.92 Å². The van der Waals surface area contributed by atoms with Crippen molar-refractivity contribution >= 4 is 6.21 Å². The summed E-state index contributed by atoms with van der Waals surface area (Å²) in [5.41, 5.74) is 1.86. The van der Waals surface area contributed by atoms with Gasteiger partial charge in [-0.15, -0.1) is 0 Å². The zero-order chi connectivity index (χ0) is 8.85. The van der Waals surface area contributed by atoms with E-state index in [2.05, 4.69) is 25.7 Å². The lowest BCUT2D eigenvalue weighted by molar-refractivity contribution is 0.787. The lowest BCUT2D eigenvalue weighted by Crippen LogP contribution is -2.03. The second-order valence-electron chi connectivity index (χ2n) is 2.71. The average molecular weight is 152 g/mol. The molecule has 0 amide bonds. The summed E-state index contributed by atoms with van der Waals surface area (Å²) in [7, 11) is 1.82. The van der Waals surface area contributed by atoms with Crippen molar-refractivity contribution in [2.24, 2.45) is 5.92 Å². The quantitative estimate of drug-likeness (QED) is 0.469. The molecule has 0 aliphatic rings. The predicted octanol–water partition coefficient (Wildman–Crippen LogP) is 1.95. The van der Waals surface area contributed by atoms with Crippen molar-refractivity contribution in [2.45, 2.75) is 13.8 Å². The van der Waals surface area contributed by atoms with E-state index in [4.69, 9.17) is 5.41 Å². The smallest absolute Gasteiger partial charge is 0.0267 e. The van der Waals surface area contributed by atoms with Crippen molar-refractivity contribution < 1.29 is 0 Å². The van der Waals surface area contributed by atoms with Gasteiger partial charge < -0.3 is 10.7 Å². The number of hydrogen-bond donors (Lipinski definition) is 2. The third kappa shape index (κ3) is 3.03. The summed E-state index contributed by atoms with van der Waals surface area (Å²) in [5, 5.41) is 9.97. The largest absolute Gasteiger partial charge is 0.393 e. The normalized spacial score (nSPS) is 11.5. The molecule has 0 spiro atoms. The van der Waals surface area contributed by atoms with Crippen LogP contribution in [0.2, 0.25) is 0 Å². The highest BCUT2D eigenvalue weighted by Crippen LogP contribution is 2.14. The van der Waals surface area contributed by atoms with Crippen LogP contribution in [-0.2, 0) is 0 Å². The molecule has 2 heteroatoms. The molecule has 0 rings (SSSR count). The van der Waals surface area contributed by atoms with Crippen LogP contribution in [0.1, 0.15) is 13.8 Å². The summed E-state index contributed by atoms with van der Waals surface area (Å²) < 4.78 is 0. The number of hydrogen-bond acceptors (Lipinski definition) is 2. The van der Waals surface area contributed by atoms with Crippen molar-refractivity contribution in [3.05, 3.63) is 23.9 Å². The first kappa shape index (κ1) is 9.95. The Morgan fingerprint density at radius 2 is 2.09 bits per heavy atom. The lowest BCUT2D eigenvalue weighted by atomic mass is 9.98. The minimum atomic E-state index is 0.399. The van der Waals surface area contributed by atoms with Crippen LogP contribution in [0.4, 0.5) is 0 Å². The monoisotopic (exact) mass is 152 g/mol. The van der Waals surface area contributed by atoms with Gasteiger partial charge >= 0.3 is 0 Å². The molecule has 62 valence electrons. The third-order valence-corrected chi connectivity index (χ3v) is 1.52. The second kappa shape index (κ2) is 4.72. The van der Waals surface area contributed by atoms with Crippen molar-refractivity contribution in [1.29, 1.82) is 5.41 Å². The summed E-state index contributed by atoms with van der Waals surface area (Å²) in [6.07, 6.45) is 3.11. The minimum Gasteiger partial charge on any atom is -0.393 e. The van der Waals surface area contributed by atoms with Gasteiger partial charge in [-0.3, -0.25) is 0 Å². The standard InChI is InChI=1S/C9H16N2/c1-7(2)8(3)9(5-10)6-11-4/h5-7,10-11H,3H2,1-2,4H3/b9-6+,10-5?. The van der Waals surface area contributed by atoms with Gasteiger partial charge in [-0.1, -0.05) is 20.4 Å². The van der Waals surface area contributed by atoms with E-state index < -0.39 is 0 Å². The zero-order valence-electron chi connectivity index (χ0n) is 7.44. The maximum absolute atomic E-state index is 7.09. The Hall–Kier alpha value is -1.05. The highest BCUT2D eigenvalue weighted by Gasteiger charge is 2.02. The Kier molecular flexibility index (Phi) is 4.27. The topological polar surface area (TPSA) is 35.9 Å². The molecule has 0 aromatic carbocycles. The Labute approximate surface area is 68.5 Å². The third-order valence-electron chi connectivity index (χ3n) is 1.52. The highest BCUT2D eigenvalue weighted by molar-refractivity contribution is 5.81. The van der Waals surface area contributed by atoms with Crippen LogP contribution < -0.4 is 5.32 Å². The fourth-order valence-corrected chi connectivity index (χ4v) is 0.716. The average Bonchev–Trinajstić information content (AvgIpc) is 1.98. The number of allylic oxidation sites excluding steroid dienone is 2. The first-order valence-electron chi connectivity index (χ1n) is 3.70. The second-order valence-corrected chi connectivity index (χ2v) is 2.71. The molecule has 0 aromatic rings.